The molecule has 0 bridgehead atoms. The van der Waals surface area contributed by atoms with E-state index in [0.29, 0.717) is 17.4 Å². The fourth-order valence-electron chi connectivity index (χ4n) is 1.51. The third-order valence-corrected chi connectivity index (χ3v) is 2.83. The van der Waals surface area contributed by atoms with Crippen molar-refractivity contribution in [2.45, 2.75) is 0 Å². The number of thiol groups is 1. The predicted molar refractivity (Wildman–Crippen MR) is 75.2 cm³/mol. The van der Waals surface area contributed by atoms with Crippen LogP contribution in [0.3, 0.4) is 0 Å². The molecule has 0 atom stereocenters. The molecule has 2 nitrogen and oxygen atoms in total. The summed E-state index contributed by atoms with van der Waals surface area (Å²) in [6, 6.07) is 7.45. The number of aromatic nitrogens is 1. The first-order chi connectivity index (χ1) is 8.33. The van der Waals surface area contributed by atoms with Crippen LogP contribution in [0.4, 0.5) is 0 Å². The van der Waals surface area contributed by atoms with Gasteiger partial charge in [0, 0.05) is 17.3 Å². The second-order valence-electron chi connectivity index (χ2n) is 3.41. The second kappa shape index (κ2) is 5.94. The van der Waals surface area contributed by atoms with Crippen molar-refractivity contribution in [3.8, 4) is 5.75 Å². The summed E-state index contributed by atoms with van der Waals surface area (Å²) in [6.45, 7) is 0.508. The number of halogens is 1. The van der Waals surface area contributed by atoms with E-state index in [-0.39, 0.29) is 0 Å². The molecule has 0 spiro atoms. The normalized spacial score (nSPS) is 11.2. The summed E-state index contributed by atoms with van der Waals surface area (Å²) in [6.07, 6.45) is 5.60. The molecule has 0 aliphatic heterocycles. The molecule has 4 heteroatoms. The van der Waals surface area contributed by atoms with Crippen molar-refractivity contribution in [3.63, 3.8) is 0 Å². The minimum atomic E-state index is 0.508. The summed E-state index contributed by atoms with van der Waals surface area (Å²) in [5.74, 6) is 1.46. The van der Waals surface area contributed by atoms with E-state index in [1.807, 2.05) is 36.4 Å². The van der Waals surface area contributed by atoms with Gasteiger partial charge in [-0.05, 0) is 24.3 Å². The Hall–Kier alpha value is -1.19. The van der Waals surface area contributed by atoms with Crippen molar-refractivity contribution < 1.29 is 4.74 Å². The molecule has 0 fully saturated rings. The molecule has 2 aromatic rings. The number of nitrogens with zero attached hydrogens (tertiary/aromatic N) is 1. The van der Waals surface area contributed by atoms with Gasteiger partial charge in [-0.3, -0.25) is 4.98 Å². The van der Waals surface area contributed by atoms with Crippen LogP contribution in [0.25, 0.3) is 10.9 Å². The van der Waals surface area contributed by atoms with Crippen LogP contribution in [0.15, 0.2) is 42.6 Å². The summed E-state index contributed by atoms with van der Waals surface area (Å²) in [4.78, 5) is 4.29. The Kier molecular flexibility index (Phi) is 4.29. The fraction of sp³-hybridized carbons (Fsp3) is 0.154. The lowest BCUT2D eigenvalue weighted by Crippen LogP contribution is -1.95. The molecule has 1 heterocycles. The van der Waals surface area contributed by atoms with Crippen LogP contribution in [0.2, 0.25) is 5.02 Å². The first-order valence-electron chi connectivity index (χ1n) is 5.25. The van der Waals surface area contributed by atoms with Crippen molar-refractivity contribution in [1.82, 2.24) is 4.98 Å². The molecule has 1 aromatic heterocycles. The molecule has 0 N–H and O–H groups in total. The Morgan fingerprint density at radius 1 is 1.29 bits per heavy atom. The van der Waals surface area contributed by atoms with E-state index in [1.165, 1.54) is 0 Å². The van der Waals surface area contributed by atoms with Crippen LogP contribution in [-0.4, -0.2) is 17.3 Å². The van der Waals surface area contributed by atoms with Crippen LogP contribution in [0.5, 0.6) is 5.75 Å². The quantitative estimate of drug-likeness (QED) is 0.672. The Morgan fingerprint density at radius 3 is 3.00 bits per heavy atom. The third-order valence-electron chi connectivity index (χ3n) is 2.29. The SMILES string of the molecule is SCC=CCOc1ccc(Cl)c2cccnc12. The standard InChI is InChI=1S/C13H12ClNOS/c14-11-5-6-12(16-8-1-2-9-17)13-10(11)4-3-7-15-13/h1-7,17H,8-9H2. The van der Waals surface area contributed by atoms with Crippen molar-refractivity contribution in [2.24, 2.45) is 0 Å². The van der Waals surface area contributed by atoms with Crippen LogP contribution < -0.4 is 4.74 Å². The first-order valence-corrected chi connectivity index (χ1v) is 6.26. The number of fused-ring (bicyclic) bond motifs is 1. The van der Waals surface area contributed by atoms with E-state index < -0.39 is 0 Å². The van der Waals surface area contributed by atoms with E-state index in [9.17, 15) is 0 Å². The zero-order valence-corrected chi connectivity index (χ0v) is 10.8. The number of rotatable bonds is 4. The van der Waals surface area contributed by atoms with Gasteiger partial charge in [-0.15, -0.1) is 0 Å². The zero-order valence-electron chi connectivity index (χ0n) is 9.14. The van der Waals surface area contributed by atoms with Gasteiger partial charge in [-0.25, -0.2) is 0 Å². The first kappa shape index (κ1) is 12.3. The van der Waals surface area contributed by atoms with Gasteiger partial charge in [0.15, 0.2) is 0 Å². The maximum Gasteiger partial charge on any atom is 0.146 e. The minimum absolute atomic E-state index is 0.508. The van der Waals surface area contributed by atoms with Crippen molar-refractivity contribution >= 4 is 35.1 Å². The molecule has 88 valence electrons. The van der Waals surface area contributed by atoms with Crippen LogP contribution >= 0.6 is 24.2 Å². The number of benzene rings is 1. The fourth-order valence-corrected chi connectivity index (χ4v) is 1.87. The molecule has 17 heavy (non-hydrogen) atoms. The summed E-state index contributed by atoms with van der Waals surface area (Å²) < 4.78 is 5.63. The van der Waals surface area contributed by atoms with Gasteiger partial charge in [-0.1, -0.05) is 23.8 Å². The van der Waals surface area contributed by atoms with Gasteiger partial charge < -0.3 is 4.74 Å². The van der Waals surface area contributed by atoms with Crippen LogP contribution in [-0.2, 0) is 0 Å². The number of ether oxygens (including phenoxy) is 1. The van der Waals surface area contributed by atoms with Crippen LogP contribution in [0.1, 0.15) is 0 Å². The summed E-state index contributed by atoms with van der Waals surface area (Å²) >= 11 is 10.2. The largest absolute Gasteiger partial charge is 0.487 e. The number of hydrogen-bond acceptors (Lipinski definition) is 3. The molecular formula is C13H12ClNOS. The van der Waals surface area contributed by atoms with Gasteiger partial charge >= 0.3 is 0 Å². The Balaban J connectivity index is 2.28. The Bertz CT molecular complexity index is 542. The highest BCUT2D eigenvalue weighted by Crippen LogP contribution is 2.29. The monoisotopic (exact) mass is 265 g/mol. The molecule has 1 aromatic carbocycles. The lowest BCUT2D eigenvalue weighted by molar-refractivity contribution is 0.366. The predicted octanol–water partition coefficient (Wildman–Crippen LogP) is 3.75. The minimum Gasteiger partial charge on any atom is -0.487 e. The van der Waals surface area contributed by atoms with Gasteiger partial charge in [0.1, 0.15) is 17.9 Å². The third kappa shape index (κ3) is 2.93. The Morgan fingerprint density at radius 2 is 2.18 bits per heavy atom. The molecule has 2 rings (SSSR count). The van der Waals surface area contributed by atoms with Crippen molar-refractivity contribution in [3.05, 3.63) is 47.6 Å². The van der Waals surface area contributed by atoms with Gasteiger partial charge in [-0.2, -0.15) is 12.6 Å². The highest BCUT2D eigenvalue weighted by molar-refractivity contribution is 7.80. The average molecular weight is 266 g/mol. The number of hydrogen-bond donors (Lipinski definition) is 1. The highest BCUT2D eigenvalue weighted by Gasteiger charge is 2.05. The molecule has 0 radical (unpaired) electrons. The van der Waals surface area contributed by atoms with Crippen LogP contribution in [0, 0.1) is 0 Å². The van der Waals surface area contributed by atoms with Gasteiger partial charge in [0.05, 0.1) is 5.02 Å². The molecule has 0 unspecified atom stereocenters. The Labute approximate surface area is 111 Å². The zero-order chi connectivity index (χ0) is 12.1. The average Bonchev–Trinajstić information content (AvgIpc) is 2.37. The van der Waals surface area contributed by atoms with Crippen molar-refractivity contribution in [1.29, 1.82) is 0 Å². The van der Waals surface area contributed by atoms with Gasteiger partial charge in [0.25, 0.3) is 0 Å². The molecule has 0 aliphatic rings. The molecule has 0 aliphatic carbocycles. The molecule has 0 saturated carbocycles. The van der Waals surface area contributed by atoms with E-state index in [2.05, 4.69) is 17.6 Å². The maximum atomic E-state index is 6.09. The smallest absolute Gasteiger partial charge is 0.146 e. The topological polar surface area (TPSA) is 22.1 Å². The summed E-state index contributed by atoms with van der Waals surface area (Å²) in [5.41, 5.74) is 0.791. The van der Waals surface area contributed by atoms with E-state index in [0.717, 1.165) is 16.7 Å². The lowest BCUT2D eigenvalue weighted by atomic mass is 10.2. The lowest BCUT2D eigenvalue weighted by Gasteiger charge is -2.07. The highest BCUT2D eigenvalue weighted by atomic mass is 35.5. The van der Waals surface area contributed by atoms with Gasteiger partial charge in [0.2, 0.25) is 0 Å². The molecular weight excluding hydrogens is 254 g/mol. The second-order valence-corrected chi connectivity index (χ2v) is 4.18. The summed E-state index contributed by atoms with van der Waals surface area (Å²) in [7, 11) is 0. The molecule has 0 amide bonds. The number of pyridine rings is 1. The maximum absolute atomic E-state index is 6.09. The van der Waals surface area contributed by atoms with Crippen molar-refractivity contribution in [2.75, 3.05) is 12.4 Å². The van der Waals surface area contributed by atoms with E-state index in [4.69, 9.17) is 16.3 Å². The summed E-state index contributed by atoms with van der Waals surface area (Å²) in [5, 5.41) is 1.59. The molecule has 0 saturated heterocycles. The van der Waals surface area contributed by atoms with E-state index in [1.54, 1.807) is 6.20 Å². The van der Waals surface area contributed by atoms with E-state index >= 15 is 0 Å².